The molecule has 20 heavy (non-hydrogen) atoms. The van der Waals surface area contributed by atoms with E-state index in [0.717, 1.165) is 19.4 Å². The van der Waals surface area contributed by atoms with Crippen molar-refractivity contribution < 1.29 is 13.2 Å². The molecule has 1 aromatic rings. The molecule has 0 spiro atoms. The summed E-state index contributed by atoms with van der Waals surface area (Å²) in [6, 6.07) is 6.25. The number of anilines is 1. The molecule has 2 unspecified atom stereocenters. The Labute approximate surface area is 118 Å². The Morgan fingerprint density at radius 1 is 1.20 bits per heavy atom. The number of hydrogen-bond donors (Lipinski definition) is 1. The zero-order valence-corrected chi connectivity index (χ0v) is 11.9. The zero-order chi connectivity index (χ0) is 14.8. The van der Waals surface area contributed by atoms with Crippen LogP contribution in [-0.4, -0.2) is 25.2 Å². The third-order valence-electron chi connectivity index (χ3n) is 3.98. The van der Waals surface area contributed by atoms with E-state index in [1.807, 2.05) is 11.8 Å². The summed E-state index contributed by atoms with van der Waals surface area (Å²) in [6.45, 7) is 5.43. The van der Waals surface area contributed by atoms with Crippen LogP contribution in [0.15, 0.2) is 24.3 Å². The van der Waals surface area contributed by atoms with Gasteiger partial charge in [-0.1, -0.05) is 26.0 Å². The van der Waals surface area contributed by atoms with E-state index < -0.39 is 11.7 Å². The zero-order valence-electron chi connectivity index (χ0n) is 11.9. The average Bonchev–Trinajstić information content (AvgIpc) is 2.45. The molecule has 1 aliphatic rings. The maximum absolute atomic E-state index is 13.2. The van der Waals surface area contributed by atoms with Gasteiger partial charge in [-0.3, -0.25) is 0 Å². The maximum Gasteiger partial charge on any atom is 0.418 e. The molecule has 112 valence electrons. The van der Waals surface area contributed by atoms with Crippen LogP contribution in [0.5, 0.6) is 0 Å². The van der Waals surface area contributed by atoms with Crippen molar-refractivity contribution in [1.29, 1.82) is 0 Å². The lowest BCUT2D eigenvalue weighted by Gasteiger charge is -2.42. The Balaban J connectivity index is 2.37. The van der Waals surface area contributed by atoms with E-state index in [9.17, 15) is 13.2 Å². The Morgan fingerprint density at radius 3 is 2.50 bits per heavy atom. The number of para-hydroxylation sites is 1. The van der Waals surface area contributed by atoms with Gasteiger partial charge in [0, 0.05) is 30.9 Å². The van der Waals surface area contributed by atoms with Crippen molar-refractivity contribution >= 4 is 5.69 Å². The Bertz CT molecular complexity index is 445. The summed E-state index contributed by atoms with van der Waals surface area (Å²) < 4.78 is 39.5. The second kappa shape index (κ2) is 6.04. The van der Waals surface area contributed by atoms with Gasteiger partial charge in [0.25, 0.3) is 0 Å². The summed E-state index contributed by atoms with van der Waals surface area (Å²) in [6.07, 6.45) is -2.56. The van der Waals surface area contributed by atoms with Crippen LogP contribution in [0.3, 0.4) is 0 Å². The monoisotopic (exact) mass is 286 g/mol. The van der Waals surface area contributed by atoms with Crippen molar-refractivity contribution in [2.45, 2.75) is 44.9 Å². The summed E-state index contributed by atoms with van der Waals surface area (Å²) in [4.78, 5) is 1.92. The summed E-state index contributed by atoms with van der Waals surface area (Å²) >= 11 is 0. The summed E-state index contributed by atoms with van der Waals surface area (Å²) in [5.41, 5.74) is -0.220. The van der Waals surface area contributed by atoms with Crippen LogP contribution in [0.4, 0.5) is 18.9 Å². The summed E-state index contributed by atoms with van der Waals surface area (Å²) in [5, 5.41) is 3.40. The van der Waals surface area contributed by atoms with Crippen LogP contribution in [0.1, 0.15) is 32.3 Å². The van der Waals surface area contributed by atoms with Crippen molar-refractivity contribution in [3.8, 4) is 0 Å². The number of rotatable bonds is 3. The second-order valence-corrected chi connectivity index (χ2v) is 5.24. The highest BCUT2D eigenvalue weighted by atomic mass is 19.4. The van der Waals surface area contributed by atoms with Crippen molar-refractivity contribution in [2.24, 2.45) is 0 Å². The molecule has 1 aromatic carbocycles. The highest BCUT2D eigenvalue weighted by Gasteiger charge is 2.37. The molecule has 0 amide bonds. The first-order valence-electron chi connectivity index (χ1n) is 7.13. The summed E-state index contributed by atoms with van der Waals surface area (Å²) in [5.74, 6) is 0. The third-order valence-corrected chi connectivity index (χ3v) is 3.98. The van der Waals surface area contributed by atoms with E-state index in [-0.39, 0.29) is 12.1 Å². The lowest BCUT2D eigenvalue weighted by Crippen LogP contribution is -2.56. The van der Waals surface area contributed by atoms with Crippen LogP contribution in [0.25, 0.3) is 0 Å². The first kappa shape index (κ1) is 15.2. The average molecular weight is 286 g/mol. The number of benzene rings is 1. The first-order chi connectivity index (χ1) is 9.47. The van der Waals surface area contributed by atoms with Gasteiger partial charge in [-0.25, -0.2) is 0 Å². The molecular weight excluding hydrogens is 265 g/mol. The molecule has 1 saturated heterocycles. The first-order valence-corrected chi connectivity index (χ1v) is 7.13. The van der Waals surface area contributed by atoms with Crippen molar-refractivity contribution in [1.82, 2.24) is 5.32 Å². The van der Waals surface area contributed by atoms with E-state index in [0.29, 0.717) is 12.2 Å². The molecule has 0 saturated carbocycles. The predicted molar refractivity (Wildman–Crippen MR) is 75.0 cm³/mol. The van der Waals surface area contributed by atoms with E-state index in [1.54, 1.807) is 12.1 Å². The summed E-state index contributed by atoms with van der Waals surface area (Å²) in [7, 11) is 0. The molecule has 2 nitrogen and oxygen atoms in total. The van der Waals surface area contributed by atoms with Gasteiger partial charge in [0.2, 0.25) is 0 Å². The Hall–Kier alpha value is -1.23. The number of nitrogens with one attached hydrogen (secondary N) is 1. The highest BCUT2D eigenvalue weighted by molar-refractivity contribution is 5.56. The van der Waals surface area contributed by atoms with Gasteiger partial charge in [-0.05, 0) is 25.0 Å². The largest absolute Gasteiger partial charge is 0.418 e. The lowest BCUT2D eigenvalue weighted by molar-refractivity contribution is -0.137. The van der Waals surface area contributed by atoms with E-state index in [2.05, 4.69) is 12.2 Å². The normalized spacial score (nSPS) is 23.9. The highest BCUT2D eigenvalue weighted by Crippen LogP contribution is 2.37. The molecule has 0 aromatic heterocycles. The molecule has 5 heteroatoms. The smallest absolute Gasteiger partial charge is 0.365 e. The number of alkyl halides is 3. The van der Waals surface area contributed by atoms with Gasteiger partial charge in [0.05, 0.1) is 5.56 Å². The predicted octanol–water partition coefficient (Wildman–Crippen LogP) is 3.67. The second-order valence-electron chi connectivity index (χ2n) is 5.24. The number of hydrogen-bond acceptors (Lipinski definition) is 2. The number of halogens is 3. The minimum absolute atomic E-state index is 0.112. The van der Waals surface area contributed by atoms with Gasteiger partial charge in [-0.2, -0.15) is 13.2 Å². The minimum atomic E-state index is -4.30. The van der Waals surface area contributed by atoms with Gasteiger partial charge in [-0.15, -0.1) is 0 Å². The molecule has 1 fully saturated rings. The molecule has 1 N–H and O–H groups in total. The minimum Gasteiger partial charge on any atom is -0.365 e. The molecule has 1 heterocycles. The number of nitrogens with zero attached hydrogens (tertiary/aromatic N) is 1. The van der Waals surface area contributed by atoms with Crippen molar-refractivity contribution in [3.05, 3.63) is 29.8 Å². The maximum atomic E-state index is 13.2. The topological polar surface area (TPSA) is 15.3 Å². The van der Waals surface area contributed by atoms with Crippen molar-refractivity contribution in [2.75, 3.05) is 18.0 Å². The van der Waals surface area contributed by atoms with Crippen molar-refractivity contribution in [3.63, 3.8) is 0 Å². The molecule has 0 radical (unpaired) electrons. The lowest BCUT2D eigenvalue weighted by atomic mass is 10.0. The van der Waals surface area contributed by atoms with Gasteiger partial charge in [0.1, 0.15) is 0 Å². The van der Waals surface area contributed by atoms with Crippen LogP contribution >= 0.6 is 0 Å². The Kier molecular flexibility index (Phi) is 4.58. The van der Waals surface area contributed by atoms with Crippen LogP contribution in [0, 0.1) is 0 Å². The van der Waals surface area contributed by atoms with Crippen LogP contribution in [0.2, 0.25) is 0 Å². The molecular formula is C15H21F3N2. The van der Waals surface area contributed by atoms with E-state index >= 15 is 0 Å². The SMILES string of the molecule is CCC1CN(c2ccccc2C(F)(F)F)C(CC)CN1. The van der Waals surface area contributed by atoms with Crippen LogP contribution in [-0.2, 0) is 6.18 Å². The molecule has 2 rings (SSSR count). The third kappa shape index (κ3) is 3.08. The fourth-order valence-electron chi connectivity index (χ4n) is 2.76. The molecule has 1 aliphatic heterocycles. The fourth-order valence-corrected chi connectivity index (χ4v) is 2.76. The Morgan fingerprint density at radius 2 is 1.90 bits per heavy atom. The van der Waals surface area contributed by atoms with Gasteiger partial charge >= 0.3 is 6.18 Å². The van der Waals surface area contributed by atoms with Crippen LogP contribution < -0.4 is 10.2 Å². The fraction of sp³-hybridized carbons (Fsp3) is 0.600. The van der Waals surface area contributed by atoms with Gasteiger partial charge in [0.15, 0.2) is 0 Å². The molecule has 0 bridgehead atoms. The standard InChI is InChI=1S/C15H21F3N2/c1-3-11-10-20(12(4-2)9-19-11)14-8-6-5-7-13(14)15(16,17)18/h5-8,11-12,19H,3-4,9-10H2,1-2H3. The van der Waals surface area contributed by atoms with E-state index in [1.165, 1.54) is 12.1 Å². The number of piperazine rings is 1. The quantitative estimate of drug-likeness (QED) is 0.912. The molecule has 0 aliphatic carbocycles. The van der Waals surface area contributed by atoms with E-state index in [4.69, 9.17) is 0 Å². The molecule has 2 atom stereocenters. The van der Waals surface area contributed by atoms with Gasteiger partial charge < -0.3 is 10.2 Å².